The Morgan fingerprint density at radius 3 is 2.84 bits per heavy atom. The number of aryl methyl sites for hydroxylation is 2. The van der Waals surface area contributed by atoms with Crippen molar-refractivity contribution in [3.05, 3.63) is 21.4 Å². The molecule has 1 aromatic rings. The zero-order valence-electron chi connectivity index (χ0n) is 11.7. The van der Waals surface area contributed by atoms with Crippen molar-refractivity contribution in [2.45, 2.75) is 52.0 Å². The van der Waals surface area contributed by atoms with Gasteiger partial charge in [-0.2, -0.15) is 0 Å². The van der Waals surface area contributed by atoms with Crippen molar-refractivity contribution in [3.8, 4) is 0 Å². The van der Waals surface area contributed by atoms with E-state index in [0.29, 0.717) is 5.92 Å². The smallest absolute Gasteiger partial charge is 0.261 e. The first kappa shape index (κ1) is 15.0. The van der Waals surface area contributed by atoms with Crippen LogP contribution in [0.1, 0.15) is 53.2 Å². The summed E-state index contributed by atoms with van der Waals surface area (Å²) in [7, 11) is 0. The summed E-state index contributed by atoms with van der Waals surface area (Å²) in [5.41, 5.74) is 1.41. The molecule has 0 fully saturated rings. The summed E-state index contributed by atoms with van der Waals surface area (Å²) in [6.45, 7) is 4.21. The number of fused-ring (bicyclic) bond motifs is 1. The second-order valence-electron chi connectivity index (χ2n) is 5.51. The van der Waals surface area contributed by atoms with Gasteiger partial charge in [0.25, 0.3) is 5.91 Å². The molecule has 0 saturated heterocycles. The third-order valence-electron chi connectivity index (χ3n) is 3.93. The number of carbonyl (C=O) groups excluding carboxylic acids is 1. The Balaban J connectivity index is 2.04. The molecule has 2 unspecified atom stereocenters. The average molecular weight is 344 g/mol. The number of amides is 1. The van der Waals surface area contributed by atoms with Gasteiger partial charge in [-0.1, -0.05) is 29.3 Å². The summed E-state index contributed by atoms with van der Waals surface area (Å²) in [6, 6.07) is 2.32. The topological polar surface area (TPSA) is 29.1 Å². The van der Waals surface area contributed by atoms with Crippen LogP contribution >= 0.6 is 27.3 Å². The monoisotopic (exact) mass is 343 g/mol. The lowest BCUT2D eigenvalue weighted by atomic mass is 10.1. The lowest BCUT2D eigenvalue weighted by molar-refractivity contribution is 0.0935. The molecule has 1 heterocycles. The van der Waals surface area contributed by atoms with Crippen LogP contribution in [-0.4, -0.2) is 17.3 Å². The lowest BCUT2D eigenvalue weighted by Crippen LogP contribution is -2.37. The summed E-state index contributed by atoms with van der Waals surface area (Å²) in [5, 5.41) is 4.03. The zero-order chi connectivity index (χ0) is 13.8. The van der Waals surface area contributed by atoms with E-state index in [9.17, 15) is 4.79 Å². The molecule has 0 aromatic carbocycles. The van der Waals surface area contributed by atoms with E-state index in [1.54, 1.807) is 11.3 Å². The van der Waals surface area contributed by atoms with Crippen molar-refractivity contribution in [3.63, 3.8) is 0 Å². The van der Waals surface area contributed by atoms with Crippen LogP contribution in [0.2, 0.25) is 0 Å². The highest BCUT2D eigenvalue weighted by molar-refractivity contribution is 9.09. The SMILES string of the molecule is CC(CBr)C(C)NC(=O)c1cc2c(s1)CCCCC2. The molecule has 0 bridgehead atoms. The van der Waals surface area contributed by atoms with Crippen LogP contribution in [-0.2, 0) is 12.8 Å². The molecule has 0 spiro atoms. The van der Waals surface area contributed by atoms with E-state index in [-0.39, 0.29) is 11.9 Å². The molecule has 1 aromatic heterocycles. The Kier molecular flexibility index (Phi) is 5.46. The second kappa shape index (κ2) is 6.89. The van der Waals surface area contributed by atoms with Gasteiger partial charge < -0.3 is 5.32 Å². The van der Waals surface area contributed by atoms with Gasteiger partial charge >= 0.3 is 0 Å². The van der Waals surface area contributed by atoms with E-state index in [1.807, 2.05) is 0 Å². The average Bonchev–Trinajstić information content (AvgIpc) is 2.69. The zero-order valence-corrected chi connectivity index (χ0v) is 14.1. The van der Waals surface area contributed by atoms with Gasteiger partial charge in [0.2, 0.25) is 0 Å². The van der Waals surface area contributed by atoms with Crippen LogP contribution in [0.5, 0.6) is 0 Å². The van der Waals surface area contributed by atoms with Crippen molar-refractivity contribution in [1.29, 1.82) is 0 Å². The molecule has 2 rings (SSSR count). The minimum absolute atomic E-state index is 0.0957. The molecule has 1 amide bonds. The van der Waals surface area contributed by atoms with Crippen LogP contribution in [0, 0.1) is 5.92 Å². The lowest BCUT2D eigenvalue weighted by Gasteiger charge is -2.18. The number of alkyl halides is 1. The number of hydrogen-bond donors (Lipinski definition) is 1. The Bertz CT molecular complexity index is 420. The van der Waals surface area contributed by atoms with Gasteiger partial charge in [0, 0.05) is 16.2 Å². The quantitative estimate of drug-likeness (QED) is 0.645. The minimum atomic E-state index is 0.0957. The number of hydrogen-bond acceptors (Lipinski definition) is 2. The van der Waals surface area contributed by atoms with Gasteiger partial charge in [0.1, 0.15) is 0 Å². The molecule has 106 valence electrons. The molecule has 2 nitrogen and oxygen atoms in total. The molecule has 0 aliphatic heterocycles. The van der Waals surface area contributed by atoms with Gasteiger partial charge in [-0.15, -0.1) is 11.3 Å². The van der Waals surface area contributed by atoms with Crippen molar-refractivity contribution >= 4 is 33.2 Å². The van der Waals surface area contributed by atoms with Gasteiger partial charge in [-0.25, -0.2) is 0 Å². The van der Waals surface area contributed by atoms with Gasteiger partial charge in [0.15, 0.2) is 0 Å². The van der Waals surface area contributed by atoms with E-state index in [0.717, 1.165) is 23.0 Å². The summed E-state index contributed by atoms with van der Waals surface area (Å²) in [6.07, 6.45) is 6.16. The first-order valence-electron chi connectivity index (χ1n) is 7.10. The van der Waals surface area contributed by atoms with E-state index in [2.05, 4.69) is 41.2 Å². The fourth-order valence-electron chi connectivity index (χ4n) is 2.33. The predicted octanol–water partition coefficient (Wildman–Crippen LogP) is 4.17. The highest BCUT2D eigenvalue weighted by Gasteiger charge is 2.19. The molecule has 1 aliphatic carbocycles. The summed E-state index contributed by atoms with van der Waals surface area (Å²) >= 11 is 5.16. The molecule has 0 radical (unpaired) electrons. The first-order valence-corrected chi connectivity index (χ1v) is 9.04. The second-order valence-corrected chi connectivity index (χ2v) is 7.30. The standard InChI is InChI=1S/C15H22BrNOS/c1-10(9-16)11(2)17-15(18)14-8-12-6-4-3-5-7-13(12)19-14/h8,10-11H,3-7,9H2,1-2H3,(H,17,18). The van der Waals surface area contributed by atoms with Crippen LogP contribution in [0.15, 0.2) is 6.07 Å². The molecule has 4 heteroatoms. The van der Waals surface area contributed by atoms with Crippen LogP contribution in [0.3, 0.4) is 0 Å². The fraction of sp³-hybridized carbons (Fsp3) is 0.667. The first-order chi connectivity index (χ1) is 9.11. The van der Waals surface area contributed by atoms with E-state index in [1.165, 1.54) is 29.7 Å². The molecule has 19 heavy (non-hydrogen) atoms. The van der Waals surface area contributed by atoms with Crippen LogP contribution in [0.25, 0.3) is 0 Å². The molecule has 1 aliphatic rings. The molecular weight excluding hydrogens is 322 g/mol. The number of halogens is 1. The highest BCUT2D eigenvalue weighted by Crippen LogP contribution is 2.29. The van der Waals surface area contributed by atoms with E-state index in [4.69, 9.17) is 0 Å². The van der Waals surface area contributed by atoms with Crippen molar-refractivity contribution in [1.82, 2.24) is 5.32 Å². The minimum Gasteiger partial charge on any atom is -0.349 e. The van der Waals surface area contributed by atoms with E-state index < -0.39 is 0 Å². The summed E-state index contributed by atoms with van der Waals surface area (Å²) < 4.78 is 0. The van der Waals surface area contributed by atoms with Crippen molar-refractivity contribution in [2.75, 3.05) is 5.33 Å². The molecule has 2 atom stereocenters. The number of rotatable bonds is 4. The number of carbonyl (C=O) groups is 1. The maximum absolute atomic E-state index is 12.3. The van der Waals surface area contributed by atoms with Gasteiger partial charge in [-0.3, -0.25) is 4.79 Å². The molecule has 1 N–H and O–H groups in total. The maximum Gasteiger partial charge on any atom is 0.261 e. The van der Waals surface area contributed by atoms with Crippen molar-refractivity contribution < 1.29 is 4.79 Å². The summed E-state index contributed by atoms with van der Waals surface area (Å²) in [5.74, 6) is 0.542. The maximum atomic E-state index is 12.3. The predicted molar refractivity (Wildman–Crippen MR) is 85.5 cm³/mol. The van der Waals surface area contributed by atoms with Crippen LogP contribution < -0.4 is 5.32 Å². The largest absolute Gasteiger partial charge is 0.349 e. The molecular formula is C15H22BrNOS. The summed E-state index contributed by atoms with van der Waals surface area (Å²) in [4.78, 5) is 14.6. The highest BCUT2D eigenvalue weighted by atomic mass is 79.9. The van der Waals surface area contributed by atoms with Crippen molar-refractivity contribution in [2.24, 2.45) is 5.92 Å². The Labute approximate surface area is 128 Å². The van der Waals surface area contributed by atoms with Gasteiger partial charge in [-0.05, 0) is 50.2 Å². The van der Waals surface area contributed by atoms with E-state index >= 15 is 0 Å². The fourth-order valence-corrected chi connectivity index (χ4v) is 4.05. The third kappa shape index (κ3) is 3.82. The normalized spacial score (nSPS) is 18.3. The number of nitrogens with one attached hydrogen (secondary N) is 1. The Morgan fingerprint density at radius 1 is 1.37 bits per heavy atom. The third-order valence-corrected chi connectivity index (χ3v) is 6.18. The van der Waals surface area contributed by atoms with Gasteiger partial charge in [0.05, 0.1) is 4.88 Å². The van der Waals surface area contributed by atoms with Crippen LogP contribution in [0.4, 0.5) is 0 Å². The number of thiophene rings is 1. The molecule has 0 saturated carbocycles. The Hall–Kier alpha value is -0.350. The Morgan fingerprint density at radius 2 is 2.11 bits per heavy atom.